The van der Waals surface area contributed by atoms with Crippen LogP contribution in [0.3, 0.4) is 0 Å². The Labute approximate surface area is 117 Å². The van der Waals surface area contributed by atoms with Crippen LogP contribution in [0.25, 0.3) is 0 Å². The lowest BCUT2D eigenvalue weighted by atomic mass is 10.1. The van der Waals surface area contributed by atoms with Crippen molar-refractivity contribution in [2.75, 3.05) is 13.1 Å². The Morgan fingerprint density at radius 3 is 3.05 bits per heavy atom. The summed E-state index contributed by atoms with van der Waals surface area (Å²) in [7, 11) is 0. The summed E-state index contributed by atoms with van der Waals surface area (Å²) in [6.45, 7) is 2.28. The highest BCUT2D eigenvalue weighted by molar-refractivity contribution is 5.71. The maximum absolute atomic E-state index is 11.8. The summed E-state index contributed by atoms with van der Waals surface area (Å²) in [5, 5.41) is 7.01. The molecular formula is C15H17N3O2. The van der Waals surface area contributed by atoms with E-state index < -0.39 is 0 Å². The molecule has 0 saturated heterocycles. The summed E-state index contributed by atoms with van der Waals surface area (Å²) in [5.41, 5.74) is 3.36. The first-order valence-electron chi connectivity index (χ1n) is 6.74. The number of hydrogen-bond acceptors (Lipinski definition) is 4. The Bertz CT molecular complexity index is 580. The molecule has 0 atom stereocenters. The Morgan fingerprint density at radius 1 is 1.35 bits per heavy atom. The van der Waals surface area contributed by atoms with Gasteiger partial charge in [0.2, 0.25) is 0 Å². The fourth-order valence-corrected chi connectivity index (χ4v) is 2.38. The van der Waals surface area contributed by atoms with Gasteiger partial charge in [0.15, 0.2) is 0 Å². The van der Waals surface area contributed by atoms with Gasteiger partial charge in [0.25, 0.3) is 0 Å². The fraction of sp³-hybridized carbons (Fsp3) is 0.333. The van der Waals surface area contributed by atoms with Crippen LogP contribution >= 0.6 is 0 Å². The highest BCUT2D eigenvalue weighted by atomic mass is 16.5. The molecule has 2 heterocycles. The van der Waals surface area contributed by atoms with Crippen molar-refractivity contribution >= 4 is 5.97 Å². The summed E-state index contributed by atoms with van der Waals surface area (Å²) < 4.78 is 5.30. The van der Waals surface area contributed by atoms with Gasteiger partial charge in [0, 0.05) is 30.8 Å². The minimum atomic E-state index is -0.180. The second-order valence-electron chi connectivity index (χ2n) is 4.98. The van der Waals surface area contributed by atoms with Crippen molar-refractivity contribution < 1.29 is 9.53 Å². The molecule has 0 bridgehead atoms. The van der Waals surface area contributed by atoms with Crippen molar-refractivity contribution in [2.45, 2.75) is 19.6 Å². The van der Waals surface area contributed by atoms with Crippen molar-refractivity contribution in [3.05, 3.63) is 53.3 Å². The number of esters is 1. The van der Waals surface area contributed by atoms with Crippen LogP contribution in [0.15, 0.2) is 36.5 Å². The number of benzene rings is 1. The highest BCUT2D eigenvalue weighted by Crippen LogP contribution is 2.15. The van der Waals surface area contributed by atoms with Crippen LogP contribution in [0.1, 0.15) is 16.8 Å². The molecule has 3 rings (SSSR count). The van der Waals surface area contributed by atoms with E-state index in [0.29, 0.717) is 13.2 Å². The first-order valence-corrected chi connectivity index (χ1v) is 6.74. The SMILES string of the molecule is O=C(CN1CCc2[nH]ncc2C1)OCc1ccccc1. The molecule has 1 aromatic heterocycles. The van der Waals surface area contributed by atoms with Crippen molar-refractivity contribution in [1.82, 2.24) is 15.1 Å². The molecule has 0 amide bonds. The zero-order valence-electron chi connectivity index (χ0n) is 11.2. The van der Waals surface area contributed by atoms with Crippen molar-refractivity contribution in [1.29, 1.82) is 0 Å². The number of aromatic amines is 1. The van der Waals surface area contributed by atoms with Gasteiger partial charge in [-0.05, 0) is 5.56 Å². The fourth-order valence-electron chi connectivity index (χ4n) is 2.38. The van der Waals surface area contributed by atoms with E-state index in [2.05, 4.69) is 15.1 Å². The molecule has 1 N–H and O–H groups in total. The van der Waals surface area contributed by atoms with E-state index in [-0.39, 0.29) is 5.97 Å². The van der Waals surface area contributed by atoms with Gasteiger partial charge in [-0.3, -0.25) is 14.8 Å². The molecule has 0 fully saturated rings. The molecule has 1 aliphatic heterocycles. The Kier molecular flexibility index (Phi) is 3.78. The minimum Gasteiger partial charge on any atom is -0.460 e. The number of hydrogen-bond donors (Lipinski definition) is 1. The van der Waals surface area contributed by atoms with Crippen LogP contribution in [0.4, 0.5) is 0 Å². The van der Waals surface area contributed by atoms with Crippen molar-refractivity contribution in [2.24, 2.45) is 0 Å². The molecule has 5 heteroatoms. The molecule has 104 valence electrons. The van der Waals surface area contributed by atoms with Gasteiger partial charge in [-0.1, -0.05) is 30.3 Å². The molecular weight excluding hydrogens is 254 g/mol. The van der Waals surface area contributed by atoms with Crippen LogP contribution in [0, 0.1) is 0 Å². The largest absolute Gasteiger partial charge is 0.460 e. The van der Waals surface area contributed by atoms with Crippen LogP contribution in [-0.2, 0) is 29.1 Å². The van der Waals surface area contributed by atoms with Crippen LogP contribution in [-0.4, -0.2) is 34.2 Å². The number of fused-ring (bicyclic) bond motifs is 1. The van der Waals surface area contributed by atoms with Crippen molar-refractivity contribution in [3.63, 3.8) is 0 Å². The molecule has 0 radical (unpaired) electrons. The molecule has 0 saturated carbocycles. The molecule has 2 aromatic rings. The number of rotatable bonds is 4. The number of carbonyl (C=O) groups excluding carboxylic acids is 1. The predicted octanol–water partition coefficient (Wildman–Crippen LogP) is 1.51. The van der Waals surface area contributed by atoms with Gasteiger partial charge < -0.3 is 4.74 Å². The molecule has 1 aliphatic rings. The standard InChI is InChI=1S/C15H17N3O2/c19-15(20-11-12-4-2-1-3-5-12)10-18-7-6-14-13(9-18)8-16-17-14/h1-5,8H,6-7,9-11H2,(H,16,17). The number of carbonyl (C=O) groups is 1. The lowest BCUT2D eigenvalue weighted by Crippen LogP contribution is -2.35. The van der Waals surface area contributed by atoms with Gasteiger partial charge in [-0.25, -0.2) is 0 Å². The topological polar surface area (TPSA) is 58.2 Å². The number of nitrogens with one attached hydrogen (secondary N) is 1. The Hall–Kier alpha value is -2.14. The summed E-state index contributed by atoms with van der Waals surface area (Å²) in [6.07, 6.45) is 2.73. The van der Waals surface area contributed by atoms with E-state index in [9.17, 15) is 4.79 Å². The first-order chi connectivity index (χ1) is 9.81. The highest BCUT2D eigenvalue weighted by Gasteiger charge is 2.20. The van der Waals surface area contributed by atoms with Crippen LogP contribution < -0.4 is 0 Å². The average Bonchev–Trinajstić information content (AvgIpc) is 2.94. The molecule has 5 nitrogen and oxygen atoms in total. The van der Waals surface area contributed by atoms with E-state index >= 15 is 0 Å². The normalized spacial score (nSPS) is 14.8. The van der Waals surface area contributed by atoms with Gasteiger partial charge in [0.05, 0.1) is 12.7 Å². The van der Waals surface area contributed by atoms with Crippen molar-refractivity contribution in [3.8, 4) is 0 Å². The zero-order chi connectivity index (χ0) is 13.8. The summed E-state index contributed by atoms with van der Waals surface area (Å²) in [6, 6.07) is 9.72. The summed E-state index contributed by atoms with van der Waals surface area (Å²) >= 11 is 0. The summed E-state index contributed by atoms with van der Waals surface area (Å²) in [4.78, 5) is 13.9. The van der Waals surface area contributed by atoms with Crippen LogP contribution in [0.5, 0.6) is 0 Å². The maximum Gasteiger partial charge on any atom is 0.320 e. The third kappa shape index (κ3) is 3.05. The maximum atomic E-state index is 11.8. The number of nitrogens with zero attached hydrogens (tertiary/aromatic N) is 2. The van der Waals surface area contributed by atoms with E-state index in [1.54, 1.807) is 0 Å². The number of ether oxygens (including phenoxy) is 1. The van der Waals surface area contributed by atoms with Gasteiger partial charge in [0.1, 0.15) is 6.61 Å². The lowest BCUT2D eigenvalue weighted by molar-refractivity contribution is -0.146. The Balaban J connectivity index is 1.48. The average molecular weight is 271 g/mol. The Morgan fingerprint density at radius 2 is 2.20 bits per heavy atom. The first kappa shape index (κ1) is 12.9. The number of H-pyrrole nitrogens is 1. The molecule has 0 unspecified atom stereocenters. The third-order valence-electron chi connectivity index (χ3n) is 3.47. The second-order valence-corrected chi connectivity index (χ2v) is 4.98. The molecule has 0 aliphatic carbocycles. The van der Waals surface area contributed by atoms with E-state index in [1.807, 2.05) is 36.5 Å². The van der Waals surface area contributed by atoms with Gasteiger partial charge >= 0.3 is 5.97 Å². The monoisotopic (exact) mass is 271 g/mol. The summed E-state index contributed by atoms with van der Waals surface area (Å²) in [5.74, 6) is -0.180. The zero-order valence-corrected chi connectivity index (χ0v) is 11.2. The van der Waals surface area contributed by atoms with Crippen LogP contribution in [0.2, 0.25) is 0 Å². The van der Waals surface area contributed by atoms with Gasteiger partial charge in [-0.2, -0.15) is 5.10 Å². The van der Waals surface area contributed by atoms with Gasteiger partial charge in [-0.15, -0.1) is 0 Å². The lowest BCUT2D eigenvalue weighted by Gasteiger charge is -2.25. The predicted molar refractivity (Wildman–Crippen MR) is 73.8 cm³/mol. The smallest absolute Gasteiger partial charge is 0.320 e. The minimum absolute atomic E-state index is 0.180. The quantitative estimate of drug-likeness (QED) is 0.856. The van der Waals surface area contributed by atoms with E-state index in [1.165, 1.54) is 11.3 Å². The second kappa shape index (κ2) is 5.88. The number of aromatic nitrogens is 2. The third-order valence-corrected chi connectivity index (χ3v) is 3.47. The molecule has 0 spiro atoms. The van der Waals surface area contributed by atoms with E-state index in [4.69, 9.17) is 4.74 Å². The molecule has 20 heavy (non-hydrogen) atoms. The van der Waals surface area contributed by atoms with E-state index in [0.717, 1.165) is 25.1 Å². The molecule has 1 aromatic carbocycles.